The van der Waals surface area contributed by atoms with Gasteiger partial charge < -0.3 is 10.8 Å². The van der Waals surface area contributed by atoms with E-state index < -0.39 is 5.97 Å². The molecule has 0 aliphatic rings. The summed E-state index contributed by atoms with van der Waals surface area (Å²) in [6, 6.07) is 6.62. The quantitative estimate of drug-likeness (QED) is 0.636. The molecule has 17 heavy (non-hydrogen) atoms. The van der Waals surface area contributed by atoms with E-state index in [1.165, 1.54) is 24.2 Å². The molecule has 0 spiro atoms. The third-order valence-corrected chi connectivity index (χ3v) is 3.09. The molecule has 5 nitrogen and oxygen atoms in total. The number of carboxylic acid groups (broad SMARTS) is 1. The summed E-state index contributed by atoms with van der Waals surface area (Å²) in [5.41, 5.74) is 6.14. The Bertz CT molecular complexity index is 546. The van der Waals surface area contributed by atoms with E-state index in [1.54, 1.807) is 24.4 Å². The highest BCUT2D eigenvalue weighted by molar-refractivity contribution is 7.99. The lowest BCUT2D eigenvalue weighted by atomic mass is 10.2. The molecule has 0 amide bonds. The fourth-order valence-electron chi connectivity index (χ4n) is 1.27. The molecule has 1 aromatic heterocycles. The van der Waals surface area contributed by atoms with Gasteiger partial charge in [0.05, 0.1) is 11.3 Å². The Balaban J connectivity index is 2.34. The number of nitrogens with zero attached hydrogens (tertiary/aromatic N) is 2. The lowest BCUT2D eigenvalue weighted by Gasteiger charge is -2.06. The van der Waals surface area contributed by atoms with Crippen LogP contribution in [0, 0.1) is 0 Å². The van der Waals surface area contributed by atoms with Gasteiger partial charge in [-0.2, -0.15) is 0 Å². The predicted octanol–water partition coefficient (Wildman–Crippen LogP) is 1.91. The highest BCUT2D eigenvalue weighted by Crippen LogP contribution is 2.32. The highest BCUT2D eigenvalue weighted by atomic mass is 32.2. The van der Waals surface area contributed by atoms with Crippen molar-refractivity contribution in [2.75, 3.05) is 5.73 Å². The minimum atomic E-state index is -1.03. The molecular formula is C11H9N3O2S. The highest BCUT2D eigenvalue weighted by Gasteiger charge is 2.11. The zero-order chi connectivity index (χ0) is 12.3. The van der Waals surface area contributed by atoms with Crippen LogP contribution in [0.3, 0.4) is 0 Å². The van der Waals surface area contributed by atoms with Crippen LogP contribution in [0.5, 0.6) is 0 Å². The van der Waals surface area contributed by atoms with Gasteiger partial charge in [0.1, 0.15) is 11.4 Å². The summed E-state index contributed by atoms with van der Waals surface area (Å²) in [5, 5.41) is 9.66. The van der Waals surface area contributed by atoms with Gasteiger partial charge in [-0.25, -0.2) is 14.8 Å². The number of aromatic nitrogens is 2. The van der Waals surface area contributed by atoms with E-state index in [2.05, 4.69) is 9.97 Å². The second-order valence-corrected chi connectivity index (χ2v) is 4.23. The second-order valence-electron chi connectivity index (χ2n) is 3.17. The van der Waals surface area contributed by atoms with Gasteiger partial charge in [-0.1, -0.05) is 17.8 Å². The molecule has 0 saturated carbocycles. The first-order valence-electron chi connectivity index (χ1n) is 4.74. The summed E-state index contributed by atoms with van der Waals surface area (Å²) in [4.78, 5) is 19.4. The molecule has 2 rings (SSSR count). The normalized spacial score (nSPS) is 10.1. The van der Waals surface area contributed by atoms with Gasteiger partial charge in [-0.3, -0.25) is 0 Å². The second kappa shape index (κ2) is 4.84. The van der Waals surface area contributed by atoms with E-state index in [4.69, 9.17) is 10.8 Å². The lowest BCUT2D eigenvalue weighted by molar-refractivity contribution is 0.0698. The number of carboxylic acids is 1. The number of benzene rings is 1. The van der Waals surface area contributed by atoms with Crippen LogP contribution in [0.25, 0.3) is 0 Å². The Morgan fingerprint density at radius 2 is 2.18 bits per heavy atom. The zero-order valence-corrected chi connectivity index (χ0v) is 9.52. The molecule has 6 heteroatoms. The summed E-state index contributed by atoms with van der Waals surface area (Å²) in [6.07, 6.45) is 3.05. The molecule has 86 valence electrons. The lowest BCUT2D eigenvalue weighted by Crippen LogP contribution is -2.03. The molecule has 0 bridgehead atoms. The number of para-hydroxylation sites is 1. The average molecular weight is 247 g/mol. The van der Waals surface area contributed by atoms with Crippen LogP contribution in [0.2, 0.25) is 0 Å². The van der Waals surface area contributed by atoms with Crippen molar-refractivity contribution in [1.29, 1.82) is 0 Å². The van der Waals surface area contributed by atoms with E-state index in [9.17, 15) is 4.79 Å². The SMILES string of the molecule is Nc1c(Sc2ccncn2)cccc1C(=O)O. The van der Waals surface area contributed by atoms with E-state index in [0.29, 0.717) is 9.92 Å². The van der Waals surface area contributed by atoms with Crippen molar-refractivity contribution in [2.45, 2.75) is 9.92 Å². The average Bonchev–Trinajstić information content (AvgIpc) is 2.33. The van der Waals surface area contributed by atoms with Crippen molar-refractivity contribution in [1.82, 2.24) is 9.97 Å². The fourth-order valence-corrected chi connectivity index (χ4v) is 2.09. The van der Waals surface area contributed by atoms with Crippen molar-refractivity contribution >= 4 is 23.4 Å². The smallest absolute Gasteiger partial charge is 0.337 e. The summed E-state index contributed by atoms with van der Waals surface area (Å²) >= 11 is 1.31. The first-order chi connectivity index (χ1) is 8.18. The predicted molar refractivity (Wildman–Crippen MR) is 64.0 cm³/mol. The van der Waals surface area contributed by atoms with Crippen molar-refractivity contribution < 1.29 is 9.90 Å². The molecule has 0 unspecified atom stereocenters. The number of nitrogens with two attached hydrogens (primary N) is 1. The molecule has 0 radical (unpaired) electrons. The molecule has 1 heterocycles. The number of aromatic carboxylic acids is 1. The minimum absolute atomic E-state index is 0.101. The zero-order valence-electron chi connectivity index (χ0n) is 8.70. The van der Waals surface area contributed by atoms with Crippen LogP contribution in [-0.2, 0) is 0 Å². The number of hydrogen-bond donors (Lipinski definition) is 2. The first kappa shape index (κ1) is 11.4. The van der Waals surface area contributed by atoms with Crippen LogP contribution in [0.15, 0.2) is 46.7 Å². The van der Waals surface area contributed by atoms with E-state index in [-0.39, 0.29) is 11.3 Å². The molecule has 0 aliphatic carbocycles. The van der Waals surface area contributed by atoms with Gasteiger partial charge in [0.15, 0.2) is 0 Å². The molecule has 0 saturated heterocycles. The van der Waals surface area contributed by atoms with Gasteiger partial charge in [0.2, 0.25) is 0 Å². The molecule has 1 aromatic carbocycles. The maximum absolute atomic E-state index is 10.9. The third kappa shape index (κ3) is 2.54. The van der Waals surface area contributed by atoms with Crippen LogP contribution < -0.4 is 5.73 Å². The summed E-state index contributed by atoms with van der Waals surface area (Å²) in [6.45, 7) is 0. The molecule has 2 aromatic rings. The molecule has 3 N–H and O–H groups in total. The Labute approximate surface area is 102 Å². The number of anilines is 1. The number of rotatable bonds is 3. The van der Waals surface area contributed by atoms with Crippen molar-refractivity contribution in [3.8, 4) is 0 Å². The topological polar surface area (TPSA) is 89.1 Å². The Morgan fingerprint density at radius 1 is 1.35 bits per heavy atom. The summed E-state index contributed by atoms with van der Waals surface area (Å²) < 4.78 is 0. The van der Waals surface area contributed by atoms with Crippen LogP contribution in [0.4, 0.5) is 5.69 Å². The molecule has 0 aliphatic heterocycles. The Kier molecular flexibility index (Phi) is 3.24. The number of carbonyl (C=O) groups is 1. The van der Waals surface area contributed by atoms with Crippen molar-refractivity contribution in [3.63, 3.8) is 0 Å². The maximum atomic E-state index is 10.9. The van der Waals surface area contributed by atoms with Crippen LogP contribution in [0.1, 0.15) is 10.4 Å². The van der Waals surface area contributed by atoms with Gasteiger partial charge in [-0.05, 0) is 18.2 Å². The maximum Gasteiger partial charge on any atom is 0.337 e. The largest absolute Gasteiger partial charge is 0.478 e. The van der Waals surface area contributed by atoms with E-state index in [0.717, 1.165) is 0 Å². The Morgan fingerprint density at radius 3 is 2.82 bits per heavy atom. The monoisotopic (exact) mass is 247 g/mol. The fraction of sp³-hybridized carbons (Fsp3) is 0. The standard InChI is InChI=1S/C11H9N3O2S/c12-10-7(11(15)16)2-1-3-8(10)17-9-4-5-13-6-14-9/h1-6H,12H2,(H,15,16). The first-order valence-corrected chi connectivity index (χ1v) is 5.56. The van der Waals surface area contributed by atoms with Crippen molar-refractivity contribution in [2.24, 2.45) is 0 Å². The van der Waals surface area contributed by atoms with E-state index in [1.807, 2.05) is 0 Å². The van der Waals surface area contributed by atoms with Gasteiger partial charge >= 0.3 is 5.97 Å². The van der Waals surface area contributed by atoms with Gasteiger partial charge in [0, 0.05) is 11.1 Å². The molecule has 0 fully saturated rings. The number of hydrogen-bond acceptors (Lipinski definition) is 5. The third-order valence-electron chi connectivity index (χ3n) is 2.07. The summed E-state index contributed by atoms with van der Waals surface area (Å²) in [5.74, 6) is -1.03. The Hall–Kier alpha value is -2.08. The van der Waals surface area contributed by atoms with Crippen LogP contribution >= 0.6 is 11.8 Å². The molecular weight excluding hydrogens is 238 g/mol. The summed E-state index contributed by atoms with van der Waals surface area (Å²) in [7, 11) is 0. The van der Waals surface area contributed by atoms with Crippen LogP contribution in [-0.4, -0.2) is 21.0 Å². The minimum Gasteiger partial charge on any atom is -0.478 e. The molecule has 0 atom stereocenters. The number of nitrogen functional groups attached to an aromatic ring is 1. The van der Waals surface area contributed by atoms with E-state index >= 15 is 0 Å². The van der Waals surface area contributed by atoms with Gasteiger partial charge in [0.25, 0.3) is 0 Å². The van der Waals surface area contributed by atoms with Gasteiger partial charge in [-0.15, -0.1) is 0 Å². The van der Waals surface area contributed by atoms with Crippen molar-refractivity contribution in [3.05, 3.63) is 42.4 Å².